The summed E-state index contributed by atoms with van der Waals surface area (Å²) in [6, 6.07) is 9.22. The van der Waals surface area contributed by atoms with Crippen LogP contribution in [0.5, 0.6) is 0 Å². The minimum absolute atomic E-state index is 0.410. The average molecular weight is 310 g/mol. The Bertz CT molecular complexity index is 405. The zero-order chi connectivity index (χ0) is 13.6. The molecule has 1 aliphatic carbocycles. The Morgan fingerprint density at radius 2 is 1.61 bits per heavy atom. The van der Waals surface area contributed by atoms with E-state index in [-0.39, 0.29) is 0 Å². The van der Waals surface area contributed by atoms with Crippen LogP contribution in [-0.2, 0) is 0 Å². The normalized spacial score (nSPS) is 22.8. The van der Waals surface area contributed by atoms with E-state index in [2.05, 4.69) is 80.1 Å². The maximum atomic E-state index is 3.68. The largest absolute Gasteiger partial charge is 0.310 e. The Kier molecular flexibility index (Phi) is 3.63. The van der Waals surface area contributed by atoms with Gasteiger partial charge in [0.15, 0.2) is 0 Å². The van der Waals surface area contributed by atoms with Crippen LogP contribution in [-0.4, -0.2) is 6.54 Å². The summed E-state index contributed by atoms with van der Waals surface area (Å²) in [7, 11) is 0. The third-order valence-electron chi connectivity index (χ3n) is 5.12. The molecule has 1 aromatic rings. The molecule has 2 rings (SSSR count). The van der Waals surface area contributed by atoms with Gasteiger partial charge in [0.05, 0.1) is 0 Å². The van der Waals surface area contributed by atoms with Crippen LogP contribution >= 0.6 is 15.9 Å². The lowest BCUT2D eigenvalue weighted by molar-refractivity contribution is 0.418. The molecule has 0 spiro atoms. The highest BCUT2D eigenvalue weighted by atomic mass is 79.9. The van der Waals surface area contributed by atoms with Gasteiger partial charge >= 0.3 is 0 Å². The van der Waals surface area contributed by atoms with E-state index >= 15 is 0 Å². The number of rotatable bonds is 4. The van der Waals surface area contributed by atoms with Crippen LogP contribution in [0, 0.1) is 16.7 Å². The Labute approximate surface area is 119 Å². The van der Waals surface area contributed by atoms with Crippen molar-refractivity contribution in [3.8, 4) is 0 Å². The Morgan fingerprint density at radius 1 is 1.11 bits per heavy atom. The van der Waals surface area contributed by atoms with Gasteiger partial charge < -0.3 is 5.32 Å². The lowest BCUT2D eigenvalue weighted by Gasteiger charge is -2.21. The first-order valence-corrected chi connectivity index (χ1v) is 7.60. The molecule has 0 bridgehead atoms. The quantitative estimate of drug-likeness (QED) is 0.844. The molecule has 2 heteroatoms. The molecular weight excluding hydrogens is 286 g/mol. The van der Waals surface area contributed by atoms with E-state index in [1.54, 1.807) is 0 Å². The molecule has 1 aromatic carbocycles. The lowest BCUT2D eigenvalue weighted by atomic mass is 9.96. The highest BCUT2D eigenvalue weighted by Crippen LogP contribution is 2.72. The van der Waals surface area contributed by atoms with Gasteiger partial charge in [-0.05, 0) is 41.0 Å². The van der Waals surface area contributed by atoms with Crippen molar-refractivity contribution in [2.45, 2.75) is 40.7 Å². The monoisotopic (exact) mass is 309 g/mol. The molecule has 1 fully saturated rings. The summed E-state index contributed by atoms with van der Waals surface area (Å²) in [5.41, 5.74) is 2.23. The number of hydrogen-bond donors (Lipinski definition) is 1. The lowest BCUT2D eigenvalue weighted by Crippen LogP contribution is -2.25. The van der Waals surface area contributed by atoms with Crippen molar-refractivity contribution >= 4 is 15.9 Å². The molecule has 18 heavy (non-hydrogen) atoms. The molecule has 0 aromatic heterocycles. The number of hydrogen-bond acceptors (Lipinski definition) is 1. The maximum Gasteiger partial charge on any atom is 0.0359 e. The predicted molar refractivity (Wildman–Crippen MR) is 81.6 cm³/mol. The number of benzene rings is 1. The zero-order valence-electron chi connectivity index (χ0n) is 12.0. The van der Waals surface area contributed by atoms with Gasteiger partial charge in [0.25, 0.3) is 0 Å². The fraction of sp³-hybridized carbons (Fsp3) is 0.625. The summed E-state index contributed by atoms with van der Waals surface area (Å²) in [5.74, 6) is 0.700. The fourth-order valence-electron chi connectivity index (χ4n) is 3.40. The summed E-state index contributed by atoms with van der Waals surface area (Å²) in [6.07, 6.45) is 0. The molecule has 1 saturated carbocycles. The predicted octanol–water partition coefficient (Wildman–Crippen LogP) is 4.78. The van der Waals surface area contributed by atoms with Gasteiger partial charge in [-0.25, -0.2) is 0 Å². The third-order valence-corrected chi connectivity index (χ3v) is 5.65. The molecular formula is C16H24BrN. The van der Waals surface area contributed by atoms with Gasteiger partial charge in [-0.2, -0.15) is 0 Å². The van der Waals surface area contributed by atoms with Crippen LogP contribution in [0.3, 0.4) is 0 Å². The molecule has 1 N–H and O–H groups in total. The summed E-state index contributed by atoms with van der Waals surface area (Å²) in [6.45, 7) is 12.8. The van der Waals surface area contributed by atoms with E-state index in [0.717, 1.165) is 11.0 Å². The Morgan fingerprint density at radius 3 is 2.00 bits per heavy atom. The molecule has 1 nitrogen and oxygen atoms in total. The Hall–Kier alpha value is -0.340. The molecule has 1 aliphatic rings. The first-order valence-electron chi connectivity index (χ1n) is 6.81. The second-order valence-corrected chi connectivity index (χ2v) is 7.42. The van der Waals surface area contributed by atoms with Gasteiger partial charge in [0.1, 0.15) is 0 Å². The van der Waals surface area contributed by atoms with Crippen LogP contribution in [0.1, 0.15) is 46.2 Å². The standard InChI is InChI=1S/C16H24BrN/c1-6-18-13(11-7-9-12(17)10-8-11)14-15(2,3)16(14,4)5/h7-10,13-14,18H,6H2,1-5H3. The van der Waals surface area contributed by atoms with Crippen molar-refractivity contribution in [3.63, 3.8) is 0 Å². The van der Waals surface area contributed by atoms with E-state index in [1.165, 1.54) is 5.56 Å². The van der Waals surface area contributed by atoms with E-state index in [4.69, 9.17) is 0 Å². The maximum absolute atomic E-state index is 3.68. The third kappa shape index (κ3) is 2.14. The topological polar surface area (TPSA) is 12.0 Å². The average Bonchev–Trinajstić information content (AvgIpc) is 2.68. The summed E-state index contributed by atoms with van der Waals surface area (Å²) < 4.78 is 1.15. The SMILES string of the molecule is CCNC(c1ccc(Br)cc1)C1C(C)(C)C1(C)C. The van der Waals surface area contributed by atoms with Crippen LogP contribution in [0.15, 0.2) is 28.7 Å². The van der Waals surface area contributed by atoms with Crippen molar-refractivity contribution in [3.05, 3.63) is 34.3 Å². The minimum Gasteiger partial charge on any atom is -0.310 e. The van der Waals surface area contributed by atoms with Crippen molar-refractivity contribution in [2.75, 3.05) is 6.54 Å². The Balaban J connectivity index is 2.28. The van der Waals surface area contributed by atoms with E-state index in [1.807, 2.05) is 0 Å². The second-order valence-electron chi connectivity index (χ2n) is 6.51. The molecule has 1 unspecified atom stereocenters. The van der Waals surface area contributed by atoms with Crippen LogP contribution in [0.25, 0.3) is 0 Å². The number of halogens is 1. The zero-order valence-corrected chi connectivity index (χ0v) is 13.6. The smallest absolute Gasteiger partial charge is 0.0359 e. The van der Waals surface area contributed by atoms with Gasteiger partial charge in [-0.15, -0.1) is 0 Å². The molecule has 0 radical (unpaired) electrons. The van der Waals surface area contributed by atoms with Crippen molar-refractivity contribution in [1.29, 1.82) is 0 Å². The first kappa shape index (κ1) is 14.1. The van der Waals surface area contributed by atoms with E-state index in [0.29, 0.717) is 22.8 Å². The molecule has 1 atom stereocenters. The van der Waals surface area contributed by atoms with Crippen molar-refractivity contribution in [1.82, 2.24) is 5.32 Å². The van der Waals surface area contributed by atoms with Gasteiger partial charge in [-0.3, -0.25) is 0 Å². The van der Waals surface area contributed by atoms with E-state index in [9.17, 15) is 0 Å². The molecule has 0 heterocycles. The molecule has 100 valence electrons. The molecule has 0 aliphatic heterocycles. The molecule has 0 amide bonds. The van der Waals surface area contributed by atoms with Crippen LogP contribution < -0.4 is 5.32 Å². The van der Waals surface area contributed by atoms with Crippen LogP contribution in [0.4, 0.5) is 0 Å². The van der Waals surface area contributed by atoms with Crippen molar-refractivity contribution < 1.29 is 0 Å². The highest BCUT2D eigenvalue weighted by Gasteiger charge is 2.67. The van der Waals surface area contributed by atoms with Crippen molar-refractivity contribution in [2.24, 2.45) is 16.7 Å². The van der Waals surface area contributed by atoms with Gasteiger partial charge in [0, 0.05) is 10.5 Å². The molecule has 0 saturated heterocycles. The van der Waals surface area contributed by atoms with Gasteiger partial charge in [0.2, 0.25) is 0 Å². The summed E-state index contributed by atoms with van der Waals surface area (Å²) in [4.78, 5) is 0. The minimum atomic E-state index is 0.410. The first-order chi connectivity index (χ1) is 8.32. The second kappa shape index (κ2) is 4.64. The summed E-state index contributed by atoms with van der Waals surface area (Å²) in [5, 5.41) is 3.68. The highest BCUT2D eigenvalue weighted by molar-refractivity contribution is 9.10. The van der Waals surface area contributed by atoms with Gasteiger partial charge in [-0.1, -0.05) is 62.7 Å². The van der Waals surface area contributed by atoms with Crippen LogP contribution in [0.2, 0.25) is 0 Å². The summed E-state index contributed by atoms with van der Waals surface area (Å²) >= 11 is 3.51. The van der Waals surface area contributed by atoms with E-state index < -0.39 is 0 Å². The number of nitrogens with one attached hydrogen (secondary N) is 1. The fourth-order valence-corrected chi connectivity index (χ4v) is 3.66.